The van der Waals surface area contributed by atoms with Crippen molar-refractivity contribution in [3.63, 3.8) is 0 Å². The van der Waals surface area contributed by atoms with E-state index in [9.17, 15) is 0 Å². The molecular formula is C12H26N2O2. The zero-order chi connectivity index (χ0) is 11.8. The van der Waals surface area contributed by atoms with E-state index in [1.54, 1.807) is 7.11 Å². The minimum Gasteiger partial charge on any atom is -0.385 e. The van der Waals surface area contributed by atoms with Crippen molar-refractivity contribution in [2.45, 2.75) is 32.4 Å². The first-order valence-electron chi connectivity index (χ1n) is 6.32. The molecule has 1 saturated heterocycles. The molecule has 4 heteroatoms. The lowest BCUT2D eigenvalue weighted by Gasteiger charge is -2.32. The molecule has 1 N–H and O–H groups in total. The van der Waals surface area contributed by atoms with Crippen molar-refractivity contribution in [2.75, 3.05) is 46.5 Å². The van der Waals surface area contributed by atoms with Gasteiger partial charge in [-0.15, -0.1) is 0 Å². The van der Waals surface area contributed by atoms with E-state index in [4.69, 9.17) is 9.47 Å². The summed E-state index contributed by atoms with van der Waals surface area (Å²) in [5.74, 6) is 0. The van der Waals surface area contributed by atoms with Crippen LogP contribution in [0, 0.1) is 0 Å². The van der Waals surface area contributed by atoms with Crippen LogP contribution in [0.5, 0.6) is 0 Å². The molecule has 1 aliphatic heterocycles. The van der Waals surface area contributed by atoms with E-state index in [0.717, 1.165) is 45.8 Å². The molecule has 0 aromatic rings. The van der Waals surface area contributed by atoms with Crippen molar-refractivity contribution in [2.24, 2.45) is 0 Å². The van der Waals surface area contributed by atoms with Crippen LogP contribution in [0.25, 0.3) is 0 Å². The van der Waals surface area contributed by atoms with Gasteiger partial charge in [0.25, 0.3) is 0 Å². The summed E-state index contributed by atoms with van der Waals surface area (Å²) in [6, 6.07) is 0.501. The number of likely N-dealkylation sites (N-methyl/N-ethyl adjacent to an activating group) is 1. The SMILES string of the molecule is CCN1CCOC(CNC(C)CCOC)C1. The van der Waals surface area contributed by atoms with Crippen molar-refractivity contribution in [3.05, 3.63) is 0 Å². The second-order valence-corrected chi connectivity index (χ2v) is 4.48. The maximum atomic E-state index is 5.73. The number of nitrogens with zero attached hydrogens (tertiary/aromatic N) is 1. The minimum atomic E-state index is 0.346. The molecule has 0 bridgehead atoms. The van der Waals surface area contributed by atoms with Crippen LogP contribution in [0.15, 0.2) is 0 Å². The Morgan fingerprint density at radius 3 is 3.06 bits per heavy atom. The maximum absolute atomic E-state index is 5.73. The molecule has 2 atom stereocenters. The van der Waals surface area contributed by atoms with Gasteiger partial charge in [-0.25, -0.2) is 0 Å². The Morgan fingerprint density at radius 1 is 1.56 bits per heavy atom. The van der Waals surface area contributed by atoms with E-state index in [0.29, 0.717) is 12.1 Å². The lowest BCUT2D eigenvalue weighted by Crippen LogP contribution is -2.47. The van der Waals surface area contributed by atoms with E-state index in [2.05, 4.69) is 24.1 Å². The normalized spacial score (nSPS) is 24.6. The fourth-order valence-electron chi connectivity index (χ4n) is 1.92. The lowest BCUT2D eigenvalue weighted by atomic mass is 10.2. The fourth-order valence-corrected chi connectivity index (χ4v) is 1.92. The molecule has 1 aliphatic rings. The molecule has 0 amide bonds. The standard InChI is InChI=1S/C12H26N2O2/c1-4-14-6-8-16-12(10-14)9-13-11(2)5-7-15-3/h11-13H,4-10H2,1-3H3. The summed E-state index contributed by atoms with van der Waals surface area (Å²) in [7, 11) is 1.75. The van der Waals surface area contributed by atoms with Crippen LogP contribution >= 0.6 is 0 Å². The summed E-state index contributed by atoms with van der Waals surface area (Å²) in [6.07, 6.45) is 1.40. The molecule has 2 unspecified atom stereocenters. The maximum Gasteiger partial charge on any atom is 0.0826 e. The number of hydrogen-bond acceptors (Lipinski definition) is 4. The highest BCUT2D eigenvalue weighted by Gasteiger charge is 2.19. The zero-order valence-corrected chi connectivity index (χ0v) is 10.9. The Kier molecular flexibility index (Phi) is 6.96. The van der Waals surface area contributed by atoms with Crippen LogP contribution in [0.2, 0.25) is 0 Å². The Balaban J connectivity index is 2.11. The Hall–Kier alpha value is -0.160. The summed E-state index contributed by atoms with van der Waals surface area (Å²) in [4.78, 5) is 2.44. The van der Waals surface area contributed by atoms with Crippen molar-refractivity contribution in [1.29, 1.82) is 0 Å². The van der Waals surface area contributed by atoms with Gasteiger partial charge in [0.15, 0.2) is 0 Å². The Labute approximate surface area is 99.3 Å². The Morgan fingerprint density at radius 2 is 2.38 bits per heavy atom. The van der Waals surface area contributed by atoms with Gasteiger partial charge in [0.2, 0.25) is 0 Å². The second kappa shape index (κ2) is 8.01. The van der Waals surface area contributed by atoms with Crippen LogP contribution in [0.3, 0.4) is 0 Å². The minimum absolute atomic E-state index is 0.346. The van der Waals surface area contributed by atoms with Crippen molar-refractivity contribution >= 4 is 0 Å². The van der Waals surface area contributed by atoms with Gasteiger partial charge < -0.3 is 14.8 Å². The second-order valence-electron chi connectivity index (χ2n) is 4.48. The predicted octanol–water partition coefficient (Wildman–Crippen LogP) is 0.722. The summed E-state index contributed by atoms with van der Waals surface area (Å²) in [5, 5.41) is 3.50. The summed E-state index contributed by atoms with van der Waals surface area (Å²) in [6.45, 7) is 10.3. The van der Waals surface area contributed by atoms with Gasteiger partial charge in [-0.1, -0.05) is 6.92 Å². The third-order valence-corrected chi connectivity index (χ3v) is 3.12. The molecule has 4 nitrogen and oxygen atoms in total. The van der Waals surface area contributed by atoms with Gasteiger partial charge in [0.1, 0.15) is 0 Å². The van der Waals surface area contributed by atoms with Crippen LogP contribution in [-0.4, -0.2) is 63.5 Å². The van der Waals surface area contributed by atoms with Gasteiger partial charge in [0, 0.05) is 39.4 Å². The molecule has 0 aromatic carbocycles. The average molecular weight is 230 g/mol. The smallest absolute Gasteiger partial charge is 0.0826 e. The molecule has 0 radical (unpaired) electrons. The largest absolute Gasteiger partial charge is 0.385 e. The molecular weight excluding hydrogens is 204 g/mol. The third kappa shape index (κ3) is 5.25. The van der Waals surface area contributed by atoms with Crippen LogP contribution < -0.4 is 5.32 Å². The van der Waals surface area contributed by atoms with Crippen LogP contribution in [0.4, 0.5) is 0 Å². The number of nitrogens with one attached hydrogen (secondary N) is 1. The number of methoxy groups -OCH3 is 1. The highest BCUT2D eigenvalue weighted by atomic mass is 16.5. The Bertz CT molecular complexity index is 178. The summed E-state index contributed by atoms with van der Waals surface area (Å²) in [5.41, 5.74) is 0. The molecule has 16 heavy (non-hydrogen) atoms. The molecule has 1 rings (SSSR count). The van der Waals surface area contributed by atoms with E-state index >= 15 is 0 Å². The van der Waals surface area contributed by atoms with Gasteiger partial charge >= 0.3 is 0 Å². The number of hydrogen-bond donors (Lipinski definition) is 1. The van der Waals surface area contributed by atoms with E-state index in [1.165, 1.54) is 0 Å². The molecule has 1 fully saturated rings. The number of morpholine rings is 1. The highest BCUT2D eigenvalue weighted by Crippen LogP contribution is 2.04. The first-order valence-corrected chi connectivity index (χ1v) is 6.32. The molecule has 0 aromatic heterocycles. The first kappa shape index (κ1) is 13.9. The monoisotopic (exact) mass is 230 g/mol. The van der Waals surface area contributed by atoms with Crippen molar-refractivity contribution in [1.82, 2.24) is 10.2 Å². The number of rotatable bonds is 7. The van der Waals surface area contributed by atoms with Crippen LogP contribution in [0.1, 0.15) is 20.3 Å². The molecule has 0 aliphatic carbocycles. The molecule has 0 spiro atoms. The van der Waals surface area contributed by atoms with Crippen molar-refractivity contribution < 1.29 is 9.47 Å². The molecule has 1 heterocycles. The first-order chi connectivity index (χ1) is 7.76. The zero-order valence-electron chi connectivity index (χ0n) is 10.9. The molecule has 0 saturated carbocycles. The lowest BCUT2D eigenvalue weighted by molar-refractivity contribution is -0.0264. The van der Waals surface area contributed by atoms with Gasteiger partial charge in [-0.2, -0.15) is 0 Å². The van der Waals surface area contributed by atoms with Crippen molar-refractivity contribution in [3.8, 4) is 0 Å². The highest BCUT2D eigenvalue weighted by molar-refractivity contribution is 4.74. The average Bonchev–Trinajstić information content (AvgIpc) is 2.34. The van der Waals surface area contributed by atoms with Crippen LogP contribution in [-0.2, 0) is 9.47 Å². The predicted molar refractivity (Wildman–Crippen MR) is 65.8 cm³/mol. The molecule has 96 valence electrons. The number of ether oxygens (including phenoxy) is 2. The summed E-state index contributed by atoms with van der Waals surface area (Å²) < 4.78 is 10.8. The van der Waals surface area contributed by atoms with E-state index in [-0.39, 0.29) is 0 Å². The third-order valence-electron chi connectivity index (χ3n) is 3.12. The van der Waals surface area contributed by atoms with Gasteiger partial charge in [-0.3, -0.25) is 4.90 Å². The summed E-state index contributed by atoms with van der Waals surface area (Å²) >= 11 is 0. The topological polar surface area (TPSA) is 33.7 Å². The van der Waals surface area contributed by atoms with Gasteiger partial charge in [0.05, 0.1) is 12.7 Å². The van der Waals surface area contributed by atoms with E-state index in [1.807, 2.05) is 0 Å². The quantitative estimate of drug-likeness (QED) is 0.699. The fraction of sp³-hybridized carbons (Fsp3) is 1.00. The van der Waals surface area contributed by atoms with E-state index < -0.39 is 0 Å². The van der Waals surface area contributed by atoms with Gasteiger partial charge in [-0.05, 0) is 19.9 Å².